The number of carbonyl (C=O) groups excluding carboxylic acids is 2. The van der Waals surface area contributed by atoms with Gasteiger partial charge in [0, 0.05) is 5.56 Å². The number of carbonyl (C=O) groups is 2. The number of benzene rings is 2. The van der Waals surface area contributed by atoms with E-state index in [0.717, 1.165) is 4.90 Å². The molecule has 0 aromatic heterocycles. The number of anilines is 1. The third-order valence-electron chi connectivity index (χ3n) is 4.01. The van der Waals surface area contributed by atoms with E-state index >= 15 is 0 Å². The molecule has 6 nitrogen and oxygen atoms in total. The van der Waals surface area contributed by atoms with Crippen LogP contribution in [-0.2, 0) is 9.59 Å². The molecule has 0 unspecified atom stereocenters. The van der Waals surface area contributed by atoms with Crippen LogP contribution in [0.3, 0.4) is 0 Å². The number of hydrogen-bond donors (Lipinski definition) is 1. The van der Waals surface area contributed by atoms with Crippen LogP contribution in [0, 0.1) is 0 Å². The molecule has 144 valence electrons. The molecular formula is C19H14Cl2N2O4S. The second-order valence-corrected chi connectivity index (χ2v) is 6.79. The number of thiocarbonyl (C=S) groups is 1. The molecule has 2 aromatic rings. The summed E-state index contributed by atoms with van der Waals surface area (Å²) in [6.07, 6.45) is 1.41. The molecule has 2 amide bonds. The largest absolute Gasteiger partial charge is 0.493 e. The molecule has 1 heterocycles. The highest BCUT2D eigenvalue weighted by Crippen LogP contribution is 2.36. The first-order valence-corrected chi connectivity index (χ1v) is 9.12. The van der Waals surface area contributed by atoms with Crippen molar-refractivity contribution in [3.8, 4) is 11.5 Å². The average molecular weight is 437 g/mol. The number of hydrogen-bond acceptors (Lipinski definition) is 5. The van der Waals surface area contributed by atoms with Crippen LogP contribution in [0.2, 0.25) is 10.0 Å². The van der Waals surface area contributed by atoms with Crippen LogP contribution >= 0.6 is 35.4 Å². The van der Waals surface area contributed by atoms with Crippen molar-refractivity contribution in [3.05, 3.63) is 57.6 Å². The first-order valence-electron chi connectivity index (χ1n) is 7.95. The molecule has 9 heteroatoms. The highest BCUT2D eigenvalue weighted by Gasteiger charge is 2.36. The van der Waals surface area contributed by atoms with Crippen molar-refractivity contribution < 1.29 is 19.1 Å². The Bertz CT molecular complexity index is 1020. The van der Waals surface area contributed by atoms with Crippen LogP contribution in [0.4, 0.5) is 5.69 Å². The number of ether oxygens (including phenoxy) is 2. The number of amides is 2. The van der Waals surface area contributed by atoms with E-state index in [9.17, 15) is 9.59 Å². The maximum absolute atomic E-state index is 13.1. The summed E-state index contributed by atoms with van der Waals surface area (Å²) in [6, 6.07) is 9.91. The van der Waals surface area contributed by atoms with Gasteiger partial charge in [0.15, 0.2) is 16.6 Å². The Morgan fingerprint density at radius 1 is 1.07 bits per heavy atom. The lowest BCUT2D eigenvalue weighted by Crippen LogP contribution is -2.54. The quantitative estimate of drug-likeness (QED) is 0.447. The Morgan fingerprint density at radius 2 is 1.79 bits per heavy atom. The standard InChI is InChI=1S/C19H14Cl2N2O4S/c1-26-14-8-3-5-10(16(14)27-2)9-11-17(24)22-19(28)23(18(11)25)13-7-4-6-12(20)15(13)21/h3-9H,1-2H3,(H,22,24,28)/b11-9+. The summed E-state index contributed by atoms with van der Waals surface area (Å²) < 4.78 is 10.6. The summed E-state index contributed by atoms with van der Waals surface area (Å²) in [5.41, 5.74) is 0.620. The molecule has 0 aliphatic carbocycles. The zero-order valence-electron chi connectivity index (χ0n) is 14.8. The highest BCUT2D eigenvalue weighted by molar-refractivity contribution is 7.80. The van der Waals surface area contributed by atoms with E-state index in [1.807, 2.05) is 0 Å². The van der Waals surface area contributed by atoms with E-state index < -0.39 is 11.8 Å². The Kier molecular flexibility index (Phi) is 5.88. The smallest absolute Gasteiger partial charge is 0.270 e. The molecule has 0 radical (unpaired) electrons. The third kappa shape index (κ3) is 3.56. The second-order valence-electron chi connectivity index (χ2n) is 5.61. The summed E-state index contributed by atoms with van der Waals surface area (Å²) in [5, 5.41) is 2.81. The zero-order chi connectivity index (χ0) is 20.4. The topological polar surface area (TPSA) is 67.9 Å². The van der Waals surface area contributed by atoms with Crippen molar-refractivity contribution in [2.45, 2.75) is 0 Å². The van der Waals surface area contributed by atoms with E-state index in [2.05, 4.69) is 5.32 Å². The van der Waals surface area contributed by atoms with Gasteiger partial charge in [-0.3, -0.25) is 19.8 Å². The highest BCUT2D eigenvalue weighted by atomic mass is 35.5. The first-order chi connectivity index (χ1) is 13.4. The maximum Gasteiger partial charge on any atom is 0.270 e. The Morgan fingerprint density at radius 3 is 2.46 bits per heavy atom. The molecule has 0 spiro atoms. The Balaban J connectivity index is 2.11. The second kappa shape index (κ2) is 8.18. The van der Waals surface area contributed by atoms with Crippen LogP contribution in [-0.4, -0.2) is 31.1 Å². The molecule has 1 aliphatic heterocycles. The minimum absolute atomic E-state index is 0.0890. The number of para-hydroxylation sites is 1. The predicted molar refractivity (Wildman–Crippen MR) is 112 cm³/mol. The minimum atomic E-state index is -0.636. The van der Waals surface area contributed by atoms with Gasteiger partial charge < -0.3 is 9.47 Å². The van der Waals surface area contributed by atoms with E-state index in [4.69, 9.17) is 44.9 Å². The van der Waals surface area contributed by atoms with Crippen LogP contribution < -0.4 is 19.7 Å². The predicted octanol–water partition coefficient (Wildman–Crippen LogP) is 3.84. The molecule has 0 saturated carbocycles. The van der Waals surface area contributed by atoms with Gasteiger partial charge in [0.2, 0.25) is 0 Å². The average Bonchev–Trinajstić information content (AvgIpc) is 2.67. The SMILES string of the molecule is COc1cccc(/C=C2\C(=O)NC(=S)N(c3cccc(Cl)c3Cl)C2=O)c1OC. The summed E-state index contributed by atoms with van der Waals surface area (Å²) in [7, 11) is 2.96. The fraction of sp³-hybridized carbons (Fsp3) is 0.105. The molecule has 1 saturated heterocycles. The molecular weight excluding hydrogens is 423 g/mol. The Labute approximate surface area is 176 Å². The van der Waals surface area contributed by atoms with Crippen molar-refractivity contribution in [1.29, 1.82) is 0 Å². The van der Waals surface area contributed by atoms with Gasteiger partial charge in [-0.15, -0.1) is 0 Å². The number of nitrogens with one attached hydrogen (secondary N) is 1. The Hall–Kier alpha value is -2.61. The van der Waals surface area contributed by atoms with Crippen molar-refractivity contribution in [3.63, 3.8) is 0 Å². The van der Waals surface area contributed by atoms with Crippen molar-refractivity contribution in [1.82, 2.24) is 5.32 Å². The van der Waals surface area contributed by atoms with Crippen molar-refractivity contribution in [2.75, 3.05) is 19.1 Å². The van der Waals surface area contributed by atoms with Gasteiger partial charge >= 0.3 is 0 Å². The van der Waals surface area contributed by atoms with E-state index in [-0.39, 0.29) is 26.4 Å². The molecule has 3 rings (SSSR count). The number of methoxy groups -OCH3 is 2. The first kappa shape index (κ1) is 20.1. The number of halogens is 2. The van der Waals surface area contributed by atoms with Crippen molar-refractivity contribution in [2.24, 2.45) is 0 Å². The third-order valence-corrected chi connectivity index (χ3v) is 5.10. The van der Waals surface area contributed by atoms with Gasteiger partial charge in [0.05, 0.1) is 30.0 Å². The van der Waals surface area contributed by atoms with Crippen molar-refractivity contribution >= 4 is 64.1 Å². The van der Waals surface area contributed by atoms with Gasteiger partial charge in [0.25, 0.3) is 11.8 Å². The van der Waals surface area contributed by atoms with Gasteiger partial charge in [-0.1, -0.05) is 41.4 Å². The summed E-state index contributed by atoms with van der Waals surface area (Å²) >= 11 is 17.5. The normalized spacial score (nSPS) is 15.6. The molecule has 0 atom stereocenters. The molecule has 2 aromatic carbocycles. The lowest BCUT2D eigenvalue weighted by atomic mass is 10.1. The van der Waals surface area contributed by atoms with Gasteiger partial charge in [-0.05, 0) is 36.5 Å². The van der Waals surface area contributed by atoms with Gasteiger partial charge in [0.1, 0.15) is 5.57 Å². The van der Waals surface area contributed by atoms with E-state index in [1.54, 1.807) is 36.4 Å². The van der Waals surface area contributed by atoms with Gasteiger partial charge in [-0.25, -0.2) is 0 Å². The fourth-order valence-electron chi connectivity index (χ4n) is 2.72. The summed E-state index contributed by atoms with van der Waals surface area (Å²) in [6.45, 7) is 0. The zero-order valence-corrected chi connectivity index (χ0v) is 17.1. The summed E-state index contributed by atoms with van der Waals surface area (Å²) in [4.78, 5) is 26.7. The van der Waals surface area contributed by atoms with Crippen LogP contribution in [0.5, 0.6) is 11.5 Å². The molecule has 1 aliphatic rings. The number of rotatable bonds is 4. The lowest BCUT2D eigenvalue weighted by Gasteiger charge is -2.29. The molecule has 0 bridgehead atoms. The van der Waals surface area contributed by atoms with Crippen LogP contribution in [0.25, 0.3) is 6.08 Å². The van der Waals surface area contributed by atoms with E-state index in [1.165, 1.54) is 20.3 Å². The molecule has 1 N–H and O–H groups in total. The molecule has 28 heavy (non-hydrogen) atoms. The lowest BCUT2D eigenvalue weighted by molar-refractivity contribution is -0.122. The van der Waals surface area contributed by atoms with E-state index in [0.29, 0.717) is 17.1 Å². The maximum atomic E-state index is 13.1. The van der Waals surface area contributed by atoms with Gasteiger partial charge in [-0.2, -0.15) is 0 Å². The van der Waals surface area contributed by atoms with Crippen LogP contribution in [0.1, 0.15) is 5.56 Å². The van der Waals surface area contributed by atoms with Crippen LogP contribution in [0.15, 0.2) is 42.0 Å². The molecule has 1 fully saturated rings. The monoisotopic (exact) mass is 436 g/mol. The number of nitrogens with zero attached hydrogens (tertiary/aromatic N) is 1. The minimum Gasteiger partial charge on any atom is -0.493 e. The fourth-order valence-corrected chi connectivity index (χ4v) is 3.38. The summed E-state index contributed by atoms with van der Waals surface area (Å²) in [5.74, 6) is -0.415.